The first-order valence-corrected chi connectivity index (χ1v) is 10.5. The van der Waals surface area contributed by atoms with E-state index in [-0.39, 0.29) is 11.8 Å². The molecule has 3 heterocycles. The zero-order valence-corrected chi connectivity index (χ0v) is 18.6. The van der Waals surface area contributed by atoms with Crippen molar-refractivity contribution in [1.82, 2.24) is 25.4 Å². The van der Waals surface area contributed by atoms with Crippen molar-refractivity contribution < 1.29 is 9.32 Å². The van der Waals surface area contributed by atoms with Gasteiger partial charge in [-0.3, -0.25) is 9.78 Å². The Morgan fingerprint density at radius 2 is 1.78 bits per heavy atom. The van der Waals surface area contributed by atoms with Gasteiger partial charge in [-0.25, -0.2) is 9.97 Å². The fourth-order valence-corrected chi connectivity index (χ4v) is 3.29. The quantitative estimate of drug-likeness (QED) is 0.472. The molecule has 32 heavy (non-hydrogen) atoms. The number of carbonyl (C=O) groups excluding carboxylic acids is 1. The van der Waals surface area contributed by atoms with Crippen molar-refractivity contribution in [2.75, 3.05) is 0 Å². The van der Waals surface area contributed by atoms with Crippen LogP contribution in [0.25, 0.3) is 22.6 Å². The predicted octanol–water partition coefficient (Wildman–Crippen LogP) is 4.86. The van der Waals surface area contributed by atoms with E-state index in [2.05, 4.69) is 34.3 Å². The van der Waals surface area contributed by atoms with Crippen LogP contribution < -0.4 is 5.32 Å². The Kier molecular flexibility index (Phi) is 6.07. The first-order chi connectivity index (χ1) is 15.4. The highest BCUT2D eigenvalue weighted by Gasteiger charge is 2.19. The number of benzene rings is 1. The molecule has 4 aromatic rings. The summed E-state index contributed by atoms with van der Waals surface area (Å²) in [6.07, 6.45) is 5.02. The second-order valence-electron chi connectivity index (χ2n) is 7.98. The molecule has 7 nitrogen and oxygen atoms in total. The molecule has 0 atom stereocenters. The van der Waals surface area contributed by atoms with Crippen molar-refractivity contribution in [3.8, 4) is 22.6 Å². The molecule has 4 rings (SSSR count). The van der Waals surface area contributed by atoms with Gasteiger partial charge in [0.05, 0.1) is 17.0 Å². The molecule has 3 aromatic heterocycles. The lowest BCUT2D eigenvalue weighted by Gasteiger charge is -2.12. The Labute approximate surface area is 186 Å². The molecule has 162 valence electrons. The summed E-state index contributed by atoms with van der Waals surface area (Å²) >= 11 is 0. The third kappa shape index (κ3) is 4.42. The summed E-state index contributed by atoms with van der Waals surface area (Å²) in [5.41, 5.74) is 5.95. The lowest BCUT2D eigenvalue weighted by molar-refractivity contribution is 0.0951. The van der Waals surface area contributed by atoms with E-state index in [1.807, 2.05) is 44.3 Å². The number of hydrogen-bond acceptors (Lipinski definition) is 6. The van der Waals surface area contributed by atoms with Crippen LogP contribution >= 0.6 is 0 Å². The molecule has 0 saturated carbocycles. The summed E-state index contributed by atoms with van der Waals surface area (Å²) in [6, 6.07) is 11.4. The van der Waals surface area contributed by atoms with E-state index < -0.39 is 0 Å². The lowest BCUT2D eigenvalue weighted by Crippen LogP contribution is -2.22. The minimum Gasteiger partial charge on any atom is -0.356 e. The van der Waals surface area contributed by atoms with Crippen molar-refractivity contribution in [2.24, 2.45) is 0 Å². The Morgan fingerprint density at radius 3 is 2.41 bits per heavy atom. The van der Waals surface area contributed by atoms with Gasteiger partial charge in [0.15, 0.2) is 5.76 Å². The average Bonchev–Trinajstić information content (AvgIpc) is 3.16. The zero-order chi connectivity index (χ0) is 22.7. The first-order valence-electron chi connectivity index (χ1n) is 10.5. The molecule has 0 unspecified atom stereocenters. The van der Waals surface area contributed by atoms with E-state index in [1.165, 1.54) is 0 Å². The topological polar surface area (TPSA) is 93.8 Å². The summed E-state index contributed by atoms with van der Waals surface area (Å²) in [5.74, 6) is 1.52. The van der Waals surface area contributed by atoms with Crippen molar-refractivity contribution >= 4 is 5.91 Å². The number of aromatic nitrogens is 4. The molecule has 1 aromatic carbocycles. The fourth-order valence-electron chi connectivity index (χ4n) is 3.29. The van der Waals surface area contributed by atoms with E-state index in [0.29, 0.717) is 17.9 Å². The van der Waals surface area contributed by atoms with Crippen molar-refractivity contribution in [1.29, 1.82) is 0 Å². The van der Waals surface area contributed by atoms with Crippen LogP contribution in [0, 0.1) is 13.8 Å². The fraction of sp³-hybridized carbons (Fsp3) is 0.240. The summed E-state index contributed by atoms with van der Waals surface area (Å²) < 4.78 is 5.59. The number of nitrogens with zero attached hydrogens (tertiary/aromatic N) is 4. The number of aryl methyl sites for hydroxylation is 1. The molecule has 0 bridgehead atoms. The van der Waals surface area contributed by atoms with Crippen molar-refractivity contribution in [3.05, 3.63) is 83.2 Å². The van der Waals surface area contributed by atoms with Gasteiger partial charge < -0.3 is 9.84 Å². The molecule has 7 heteroatoms. The van der Waals surface area contributed by atoms with Gasteiger partial charge in [-0.15, -0.1) is 0 Å². The standard InChI is InChI=1S/C25H25N5O2/c1-15(2)24-27-14-21(23-16(3)17(4)30-32-23)22(29-24)19-7-5-18(6-8-19)13-28-25(31)20-9-11-26-12-10-20/h5-12,14-15H,13H2,1-4H3,(H,28,31). The van der Waals surface area contributed by atoms with Gasteiger partial charge in [0, 0.05) is 47.7 Å². The van der Waals surface area contributed by atoms with Gasteiger partial charge in [-0.1, -0.05) is 43.3 Å². The van der Waals surface area contributed by atoms with Crippen LogP contribution in [0.5, 0.6) is 0 Å². The molecule has 0 radical (unpaired) electrons. The van der Waals surface area contributed by atoms with Crippen molar-refractivity contribution in [3.63, 3.8) is 0 Å². The molecule has 0 aliphatic heterocycles. The van der Waals surface area contributed by atoms with Crippen molar-refractivity contribution in [2.45, 2.75) is 40.2 Å². The van der Waals surface area contributed by atoms with E-state index >= 15 is 0 Å². The number of pyridine rings is 1. The number of nitrogens with one attached hydrogen (secondary N) is 1. The summed E-state index contributed by atoms with van der Waals surface area (Å²) in [4.78, 5) is 25.6. The second-order valence-corrected chi connectivity index (χ2v) is 7.98. The molecule has 0 aliphatic carbocycles. The smallest absolute Gasteiger partial charge is 0.251 e. The van der Waals surface area contributed by atoms with E-state index in [1.54, 1.807) is 24.5 Å². The van der Waals surface area contributed by atoms with E-state index in [4.69, 9.17) is 9.51 Å². The molecule has 1 N–H and O–H groups in total. The summed E-state index contributed by atoms with van der Waals surface area (Å²) in [5, 5.41) is 7.02. The third-order valence-electron chi connectivity index (χ3n) is 5.35. The Balaban J connectivity index is 1.61. The van der Waals surface area contributed by atoms with Crippen LogP contribution in [0.4, 0.5) is 0 Å². The third-order valence-corrected chi connectivity index (χ3v) is 5.35. The molecular weight excluding hydrogens is 402 g/mol. The highest BCUT2D eigenvalue weighted by molar-refractivity contribution is 5.93. The molecule has 1 amide bonds. The highest BCUT2D eigenvalue weighted by Crippen LogP contribution is 2.34. The maximum Gasteiger partial charge on any atom is 0.251 e. The van der Waals surface area contributed by atoms with E-state index in [0.717, 1.165) is 39.5 Å². The SMILES string of the molecule is Cc1noc(-c2cnc(C(C)C)nc2-c2ccc(CNC(=O)c3ccncc3)cc2)c1C. The molecular formula is C25H25N5O2. The molecule has 0 spiro atoms. The van der Waals surface area contributed by atoms with Crippen LogP contribution in [-0.4, -0.2) is 26.0 Å². The van der Waals surface area contributed by atoms with Gasteiger partial charge in [0.25, 0.3) is 5.91 Å². The van der Waals surface area contributed by atoms with Gasteiger partial charge in [-0.2, -0.15) is 0 Å². The Morgan fingerprint density at radius 1 is 1.06 bits per heavy atom. The predicted molar refractivity (Wildman–Crippen MR) is 122 cm³/mol. The van der Waals surface area contributed by atoms with Gasteiger partial charge in [0.1, 0.15) is 5.82 Å². The Hall–Kier alpha value is -3.87. The zero-order valence-electron chi connectivity index (χ0n) is 18.6. The number of amides is 1. The number of hydrogen-bond donors (Lipinski definition) is 1. The molecule has 0 saturated heterocycles. The summed E-state index contributed by atoms with van der Waals surface area (Å²) in [7, 11) is 0. The van der Waals surface area contributed by atoms with Crippen LogP contribution in [0.3, 0.4) is 0 Å². The van der Waals surface area contributed by atoms with Crippen LogP contribution in [-0.2, 0) is 6.54 Å². The first kappa shape index (κ1) is 21.4. The maximum atomic E-state index is 12.3. The largest absolute Gasteiger partial charge is 0.356 e. The van der Waals surface area contributed by atoms with Gasteiger partial charge in [-0.05, 0) is 31.5 Å². The Bertz CT molecular complexity index is 1230. The van der Waals surface area contributed by atoms with Crippen LogP contribution in [0.1, 0.15) is 52.8 Å². The lowest BCUT2D eigenvalue weighted by atomic mass is 10.0. The second kappa shape index (κ2) is 9.09. The van der Waals surface area contributed by atoms with Crippen LogP contribution in [0.15, 0.2) is 59.5 Å². The maximum absolute atomic E-state index is 12.3. The van der Waals surface area contributed by atoms with Gasteiger partial charge >= 0.3 is 0 Å². The molecule has 0 aliphatic rings. The minimum absolute atomic E-state index is 0.132. The average molecular weight is 428 g/mol. The summed E-state index contributed by atoms with van der Waals surface area (Å²) in [6.45, 7) is 8.46. The minimum atomic E-state index is -0.132. The van der Waals surface area contributed by atoms with Crippen LogP contribution in [0.2, 0.25) is 0 Å². The highest BCUT2D eigenvalue weighted by atomic mass is 16.5. The normalized spacial score (nSPS) is 11.0. The number of carbonyl (C=O) groups is 1. The molecule has 0 fully saturated rings. The van der Waals surface area contributed by atoms with Gasteiger partial charge in [0.2, 0.25) is 0 Å². The number of rotatable bonds is 6. The van der Waals surface area contributed by atoms with E-state index in [9.17, 15) is 4.79 Å². The monoisotopic (exact) mass is 427 g/mol.